The van der Waals surface area contributed by atoms with Crippen molar-refractivity contribution in [3.63, 3.8) is 0 Å². The third-order valence-electron chi connectivity index (χ3n) is 5.77. The van der Waals surface area contributed by atoms with E-state index in [-0.39, 0.29) is 16.5 Å². The highest BCUT2D eigenvalue weighted by Gasteiger charge is 2.30. The first-order chi connectivity index (χ1) is 13.9. The Morgan fingerprint density at radius 3 is 2.24 bits per heavy atom. The van der Waals surface area contributed by atoms with E-state index in [4.69, 9.17) is 0 Å². The van der Waals surface area contributed by atoms with E-state index in [1.165, 1.54) is 29.3 Å². The van der Waals surface area contributed by atoms with Crippen LogP contribution < -0.4 is 5.69 Å². The van der Waals surface area contributed by atoms with Gasteiger partial charge >= 0.3 is 5.69 Å². The van der Waals surface area contributed by atoms with Gasteiger partial charge in [0.15, 0.2) is 0 Å². The number of imidazole rings is 1. The number of carbonyl (C=O) groups is 1. The standard InChI is InChI=1S/C19H27N5O4S/c25-18(23-7-3-1-2-4-8-23)14-22-9-11-24(12-10-22)29(27,28)15-5-6-16-17(13-15)21-19(26)20-16/h5-6,13H,1-4,7-12,14H2,(H2,20,21,26). The predicted octanol–water partition coefficient (Wildman–Crippen LogP) is 0.565. The van der Waals surface area contributed by atoms with Crippen molar-refractivity contribution in [2.75, 3.05) is 45.8 Å². The van der Waals surface area contributed by atoms with Crippen molar-refractivity contribution in [2.45, 2.75) is 30.6 Å². The molecule has 9 nitrogen and oxygen atoms in total. The molecule has 2 aromatic rings. The molecule has 0 saturated carbocycles. The summed E-state index contributed by atoms with van der Waals surface area (Å²) in [6.45, 7) is 3.76. The molecule has 4 rings (SSSR count). The molecule has 158 valence electrons. The van der Waals surface area contributed by atoms with Gasteiger partial charge in [-0.15, -0.1) is 0 Å². The fourth-order valence-electron chi connectivity index (χ4n) is 4.06. The number of hydrogen-bond donors (Lipinski definition) is 2. The summed E-state index contributed by atoms with van der Waals surface area (Å²) in [6.07, 6.45) is 4.49. The van der Waals surface area contributed by atoms with E-state index in [1.54, 1.807) is 6.07 Å². The molecule has 2 N–H and O–H groups in total. The lowest BCUT2D eigenvalue weighted by Gasteiger charge is -2.34. The van der Waals surface area contributed by atoms with Crippen molar-refractivity contribution in [3.8, 4) is 0 Å². The van der Waals surface area contributed by atoms with Gasteiger partial charge in [0.2, 0.25) is 15.9 Å². The van der Waals surface area contributed by atoms with Gasteiger partial charge in [0.25, 0.3) is 0 Å². The molecule has 0 atom stereocenters. The Balaban J connectivity index is 1.37. The van der Waals surface area contributed by atoms with Crippen LogP contribution in [0.2, 0.25) is 0 Å². The number of piperazine rings is 1. The number of rotatable bonds is 4. The molecule has 0 spiro atoms. The van der Waals surface area contributed by atoms with Crippen molar-refractivity contribution in [1.82, 2.24) is 24.1 Å². The minimum atomic E-state index is -3.65. The molecular weight excluding hydrogens is 394 g/mol. The van der Waals surface area contributed by atoms with Crippen LogP contribution in [0.15, 0.2) is 27.9 Å². The molecule has 2 fully saturated rings. The lowest BCUT2D eigenvalue weighted by molar-refractivity contribution is -0.132. The van der Waals surface area contributed by atoms with Gasteiger partial charge in [-0.1, -0.05) is 12.8 Å². The smallest absolute Gasteiger partial charge is 0.323 e. The molecule has 0 unspecified atom stereocenters. The minimum Gasteiger partial charge on any atom is -0.342 e. The number of fused-ring (bicyclic) bond motifs is 1. The Morgan fingerprint density at radius 1 is 0.897 bits per heavy atom. The van der Waals surface area contributed by atoms with Gasteiger partial charge in [-0.2, -0.15) is 4.31 Å². The molecule has 10 heteroatoms. The van der Waals surface area contributed by atoms with Crippen molar-refractivity contribution in [2.24, 2.45) is 0 Å². The number of likely N-dealkylation sites (tertiary alicyclic amines) is 1. The molecule has 1 aromatic carbocycles. The van der Waals surface area contributed by atoms with E-state index in [1.807, 2.05) is 9.80 Å². The van der Waals surface area contributed by atoms with Gasteiger partial charge in [0.1, 0.15) is 0 Å². The second kappa shape index (κ2) is 8.29. The average molecular weight is 422 g/mol. The zero-order valence-corrected chi connectivity index (χ0v) is 17.2. The number of sulfonamides is 1. The second-order valence-electron chi connectivity index (χ2n) is 7.76. The lowest BCUT2D eigenvalue weighted by Crippen LogP contribution is -2.51. The summed E-state index contributed by atoms with van der Waals surface area (Å²) in [5, 5.41) is 0. The van der Waals surface area contributed by atoms with E-state index in [2.05, 4.69) is 9.97 Å². The van der Waals surface area contributed by atoms with E-state index in [0.29, 0.717) is 43.8 Å². The monoisotopic (exact) mass is 421 g/mol. The quantitative estimate of drug-likeness (QED) is 0.750. The van der Waals surface area contributed by atoms with Gasteiger partial charge in [-0.3, -0.25) is 9.69 Å². The molecule has 0 aliphatic carbocycles. The normalized spacial score (nSPS) is 20.1. The molecular formula is C19H27N5O4S. The van der Waals surface area contributed by atoms with Crippen LogP contribution in [0.3, 0.4) is 0 Å². The van der Waals surface area contributed by atoms with Crippen LogP contribution in [0.4, 0.5) is 0 Å². The van der Waals surface area contributed by atoms with E-state index in [0.717, 1.165) is 25.9 Å². The fourth-order valence-corrected chi connectivity index (χ4v) is 5.51. The zero-order chi connectivity index (χ0) is 20.4. The van der Waals surface area contributed by atoms with Crippen LogP contribution in [-0.4, -0.2) is 84.2 Å². The largest absolute Gasteiger partial charge is 0.342 e. The first kappa shape index (κ1) is 20.1. The summed E-state index contributed by atoms with van der Waals surface area (Å²) in [4.78, 5) is 33.3. The van der Waals surface area contributed by atoms with Gasteiger partial charge in [-0.25, -0.2) is 13.2 Å². The molecule has 3 heterocycles. The van der Waals surface area contributed by atoms with Gasteiger partial charge in [-0.05, 0) is 31.0 Å². The maximum Gasteiger partial charge on any atom is 0.323 e. The topological polar surface area (TPSA) is 110 Å². The number of H-pyrrole nitrogens is 2. The van der Waals surface area contributed by atoms with Crippen LogP contribution in [0.5, 0.6) is 0 Å². The third kappa shape index (κ3) is 4.39. The van der Waals surface area contributed by atoms with Gasteiger partial charge in [0, 0.05) is 39.3 Å². The maximum atomic E-state index is 13.0. The molecule has 0 radical (unpaired) electrons. The molecule has 2 aliphatic heterocycles. The SMILES string of the molecule is O=C(CN1CCN(S(=O)(=O)c2ccc3[nH]c(=O)[nH]c3c2)CC1)N1CCCCCC1. The Kier molecular flexibility index (Phi) is 5.75. The van der Waals surface area contributed by atoms with E-state index >= 15 is 0 Å². The Bertz CT molecular complexity index is 1030. The Morgan fingerprint density at radius 2 is 1.55 bits per heavy atom. The summed E-state index contributed by atoms with van der Waals surface area (Å²) in [7, 11) is -3.65. The molecule has 1 aromatic heterocycles. The second-order valence-corrected chi connectivity index (χ2v) is 9.70. The van der Waals surface area contributed by atoms with E-state index < -0.39 is 10.0 Å². The van der Waals surface area contributed by atoms with Crippen LogP contribution in [0.1, 0.15) is 25.7 Å². The average Bonchev–Trinajstić information content (AvgIpc) is 2.89. The number of hydrogen-bond acceptors (Lipinski definition) is 5. The molecule has 2 aliphatic rings. The molecule has 2 saturated heterocycles. The number of carbonyl (C=O) groups excluding carboxylic acids is 1. The van der Waals surface area contributed by atoms with Gasteiger partial charge < -0.3 is 14.9 Å². The highest BCUT2D eigenvalue weighted by atomic mass is 32.2. The highest BCUT2D eigenvalue weighted by molar-refractivity contribution is 7.89. The number of aromatic nitrogens is 2. The summed E-state index contributed by atoms with van der Waals surface area (Å²) < 4.78 is 27.4. The van der Waals surface area contributed by atoms with Crippen LogP contribution in [0.25, 0.3) is 11.0 Å². The number of aromatic amines is 2. The first-order valence-corrected chi connectivity index (χ1v) is 11.6. The zero-order valence-electron chi connectivity index (χ0n) is 16.4. The highest BCUT2D eigenvalue weighted by Crippen LogP contribution is 2.21. The fraction of sp³-hybridized carbons (Fsp3) is 0.579. The molecule has 29 heavy (non-hydrogen) atoms. The van der Waals surface area contributed by atoms with Crippen LogP contribution >= 0.6 is 0 Å². The Hall–Kier alpha value is -2.17. The van der Waals surface area contributed by atoms with Crippen molar-refractivity contribution in [3.05, 3.63) is 28.7 Å². The number of amides is 1. The molecule has 1 amide bonds. The van der Waals surface area contributed by atoms with Crippen molar-refractivity contribution >= 4 is 27.0 Å². The first-order valence-electron chi connectivity index (χ1n) is 10.2. The summed E-state index contributed by atoms with van der Waals surface area (Å²) in [5.41, 5.74) is 0.681. The number of nitrogens with one attached hydrogen (secondary N) is 2. The van der Waals surface area contributed by atoms with E-state index in [9.17, 15) is 18.0 Å². The minimum absolute atomic E-state index is 0.144. The third-order valence-corrected chi connectivity index (χ3v) is 7.67. The summed E-state index contributed by atoms with van der Waals surface area (Å²) >= 11 is 0. The lowest BCUT2D eigenvalue weighted by atomic mass is 10.2. The number of benzene rings is 1. The van der Waals surface area contributed by atoms with Crippen LogP contribution in [0, 0.1) is 0 Å². The van der Waals surface area contributed by atoms with Crippen molar-refractivity contribution in [1.29, 1.82) is 0 Å². The number of nitrogens with zero attached hydrogens (tertiary/aromatic N) is 3. The van der Waals surface area contributed by atoms with Gasteiger partial charge in [0.05, 0.1) is 22.5 Å². The predicted molar refractivity (Wildman–Crippen MR) is 109 cm³/mol. The summed E-state index contributed by atoms with van der Waals surface area (Å²) in [5.74, 6) is 0.144. The maximum absolute atomic E-state index is 13.0. The Labute approximate surface area is 169 Å². The molecule has 0 bridgehead atoms. The summed E-state index contributed by atoms with van der Waals surface area (Å²) in [6, 6.07) is 4.59. The van der Waals surface area contributed by atoms with Crippen LogP contribution in [-0.2, 0) is 14.8 Å². The van der Waals surface area contributed by atoms with Crippen molar-refractivity contribution < 1.29 is 13.2 Å².